The number of carbonyl (C=O) groups is 1. The number of amides is 1. The van der Waals surface area contributed by atoms with E-state index in [2.05, 4.69) is 17.6 Å². The van der Waals surface area contributed by atoms with Gasteiger partial charge in [-0.1, -0.05) is 0 Å². The van der Waals surface area contributed by atoms with Crippen molar-refractivity contribution in [1.82, 2.24) is 15.5 Å². The Balaban J connectivity index is 1.78. The van der Waals surface area contributed by atoms with Crippen LogP contribution in [0.4, 0.5) is 0 Å². The zero-order chi connectivity index (χ0) is 10.7. The Morgan fingerprint density at radius 3 is 2.93 bits per heavy atom. The van der Waals surface area contributed by atoms with Crippen LogP contribution in [0.15, 0.2) is 0 Å². The highest BCUT2D eigenvalue weighted by molar-refractivity contribution is 5.77. The van der Waals surface area contributed by atoms with E-state index in [-0.39, 0.29) is 0 Å². The molecule has 2 atom stereocenters. The van der Waals surface area contributed by atoms with Gasteiger partial charge in [-0.3, -0.25) is 4.79 Å². The second-order valence-electron chi connectivity index (χ2n) is 4.69. The van der Waals surface area contributed by atoms with Gasteiger partial charge in [0, 0.05) is 38.1 Å². The summed E-state index contributed by atoms with van der Waals surface area (Å²) in [6.07, 6.45) is 3.07. The van der Waals surface area contributed by atoms with Crippen LogP contribution in [0.25, 0.3) is 0 Å². The molecule has 2 heterocycles. The fourth-order valence-electron chi connectivity index (χ4n) is 2.43. The topological polar surface area (TPSA) is 44.4 Å². The number of hydrogen-bond donors (Lipinski definition) is 2. The third-order valence-corrected chi connectivity index (χ3v) is 3.30. The van der Waals surface area contributed by atoms with E-state index in [1.807, 2.05) is 4.90 Å². The van der Waals surface area contributed by atoms with Crippen molar-refractivity contribution in [2.75, 3.05) is 26.2 Å². The van der Waals surface area contributed by atoms with Gasteiger partial charge >= 0.3 is 0 Å². The Hall–Kier alpha value is -0.610. The highest BCUT2D eigenvalue weighted by Crippen LogP contribution is 2.11. The Labute approximate surface area is 91.4 Å². The first-order chi connectivity index (χ1) is 7.25. The highest BCUT2D eigenvalue weighted by Gasteiger charge is 2.24. The third-order valence-electron chi connectivity index (χ3n) is 3.30. The molecule has 0 aliphatic carbocycles. The molecule has 15 heavy (non-hydrogen) atoms. The fourth-order valence-corrected chi connectivity index (χ4v) is 2.43. The maximum atomic E-state index is 12.0. The predicted octanol–water partition coefficient (Wildman–Crippen LogP) is -0.0512. The van der Waals surface area contributed by atoms with E-state index >= 15 is 0 Å². The van der Waals surface area contributed by atoms with Crippen molar-refractivity contribution in [1.29, 1.82) is 0 Å². The Morgan fingerprint density at radius 2 is 2.27 bits per heavy atom. The van der Waals surface area contributed by atoms with E-state index in [4.69, 9.17) is 0 Å². The molecule has 4 nitrogen and oxygen atoms in total. The van der Waals surface area contributed by atoms with Gasteiger partial charge in [0.1, 0.15) is 0 Å². The van der Waals surface area contributed by atoms with Crippen LogP contribution in [0.1, 0.15) is 26.2 Å². The van der Waals surface area contributed by atoms with E-state index in [1.165, 1.54) is 6.42 Å². The lowest BCUT2D eigenvalue weighted by atomic mass is 10.1. The summed E-state index contributed by atoms with van der Waals surface area (Å²) in [6, 6.07) is 0.877. The summed E-state index contributed by atoms with van der Waals surface area (Å²) in [5.41, 5.74) is 0. The quantitative estimate of drug-likeness (QED) is 0.673. The third kappa shape index (κ3) is 2.92. The molecule has 0 saturated carbocycles. The number of rotatable bonds is 2. The smallest absolute Gasteiger partial charge is 0.224 e. The van der Waals surface area contributed by atoms with Gasteiger partial charge in [-0.05, 0) is 26.3 Å². The van der Waals surface area contributed by atoms with Crippen LogP contribution < -0.4 is 10.6 Å². The summed E-state index contributed by atoms with van der Waals surface area (Å²) >= 11 is 0. The van der Waals surface area contributed by atoms with Crippen LogP contribution in [0.5, 0.6) is 0 Å². The summed E-state index contributed by atoms with van der Waals surface area (Å²) in [5.74, 6) is 0.322. The average Bonchev–Trinajstić information content (AvgIpc) is 2.70. The maximum Gasteiger partial charge on any atom is 0.224 e. The summed E-state index contributed by atoms with van der Waals surface area (Å²) in [4.78, 5) is 14.0. The predicted molar refractivity (Wildman–Crippen MR) is 59.7 cm³/mol. The van der Waals surface area contributed by atoms with Crippen molar-refractivity contribution >= 4 is 5.91 Å². The van der Waals surface area contributed by atoms with Crippen LogP contribution in [0, 0.1) is 0 Å². The lowest BCUT2D eigenvalue weighted by Crippen LogP contribution is -2.52. The van der Waals surface area contributed by atoms with E-state index < -0.39 is 0 Å². The van der Waals surface area contributed by atoms with Gasteiger partial charge in [0.15, 0.2) is 0 Å². The zero-order valence-electron chi connectivity index (χ0n) is 9.46. The van der Waals surface area contributed by atoms with E-state index in [0.29, 0.717) is 24.4 Å². The average molecular weight is 211 g/mol. The molecular weight excluding hydrogens is 190 g/mol. The van der Waals surface area contributed by atoms with Gasteiger partial charge in [-0.25, -0.2) is 0 Å². The van der Waals surface area contributed by atoms with Crippen molar-refractivity contribution in [3.8, 4) is 0 Å². The molecule has 2 rings (SSSR count). The summed E-state index contributed by atoms with van der Waals surface area (Å²) in [5, 5.41) is 6.73. The second kappa shape index (κ2) is 4.94. The fraction of sp³-hybridized carbons (Fsp3) is 0.909. The Morgan fingerprint density at radius 1 is 1.40 bits per heavy atom. The SMILES string of the molecule is CC1CN(C(=O)CC2CCCN2)CCN1. The Bertz CT molecular complexity index is 226. The molecule has 86 valence electrons. The molecule has 2 aliphatic heterocycles. The lowest BCUT2D eigenvalue weighted by Gasteiger charge is -2.32. The molecule has 0 aromatic heterocycles. The van der Waals surface area contributed by atoms with E-state index in [0.717, 1.165) is 32.6 Å². The lowest BCUT2D eigenvalue weighted by molar-refractivity contribution is -0.132. The molecule has 2 saturated heterocycles. The number of nitrogens with zero attached hydrogens (tertiary/aromatic N) is 1. The zero-order valence-corrected chi connectivity index (χ0v) is 9.46. The van der Waals surface area contributed by atoms with Crippen LogP contribution >= 0.6 is 0 Å². The van der Waals surface area contributed by atoms with Crippen LogP contribution in [0.2, 0.25) is 0 Å². The Kier molecular flexibility index (Phi) is 3.59. The monoisotopic (exact) mass is 211 g/mol. The highest BCUT2D eigenvalue weighted by atomic mass is 16.2. The number of hydrogen-bond acceptors (Lipinski definition) is 3. The first-order valence-electron chi connectivity index (χ1n) is 6.00. The minimum atomic E-state index is 0.322. The first-order valence-corrected chi connectivity index (χ1v) is 6.00. The molecular formula is C11H21N3O. The minimum Gasteiger partial charge on any atom is -0.340 e. The van der Waals surface area contributed by atoms with E-state index in [1.54, 1.807) is 0 Å². The maximum absolute atomic E-state index is 12.0. The van der Waals surface area contributed by atoms with E-state index in [9.17, 15) is 4.79 Å². The molecule has 0 aromatic rings. The molecule has 0 bridgehead atoms. The molecule has 2 N–H and O–H groups in total. The number of nitrogens with one attached hydrogen (secondary N) is 2. The standard InChI is InChI=1S/C11H21N3O/c1-9-8-14(6-5-12-9)11(15)7-10-3-2-4-13-10/h9-10,12-13H,2-8H2,1H3. The molecule has 0 radical (unpaired) electrons. The van der Waals surface area contributed by atoms with Crippen LogP contribution in [0.3, 0.4) is 0 Å². The van der Waals surface area contributed by atoms with Gasteiger partial charge in [0.05, 0.1) is 0 Å². The van der Waals surface area contributed by atoms with Crippen molar-refractivity contribution < 1.29 is 4.79 Å². The van der Waals surface area contributed by atoms with Gasteiger partial charge in [0.25, 0.3) is 0 Å². The molecule has 4 heteroatoms. The normalized spacial score (nSPS) is 31.9. The summed E-state index contributed by atoms with van der Waals surface area (Å²) in [7, 11) is 0. The number of piperazine rings is 1. The van der Waals surface area contributed by atoms with Crippen LogP contribution in [-0.2, 0) is 4.79 Å². The van der Waals surface area contributed by atoms with Crippen molar-refractivity contribution in [3.05, 3.63) is 0 Å². The molecule has 2 fully saturated rings. The molecule has 2 aliphatic rings. The molecule has 2 unspecified atom stereocenters. The molecule has 1 amide bonds. The van der Waals surface area contributed by atoms with Crippen molar-refractivity contribution in [2.24, 2.45) is 0 Å². The second-order valence-corrected chi connectivity index (χ2v) is 4.69. The van der Waals surface area contributed by atoms with Crippen LogP contribution in [-0.4, -0.2) is 49.1 Å². The van der Waals surface area contributed by atoms with Gasteiger partial charge in [0.2, 0.25) is 5.91 Å². The number of carbonyl (C=O) groups excluding carboxylic acids is 1. The van der Waals surface area contributed by atoms with Crippen molar-refractivity contribution in [3.63, 3.8) is 0 Å². The van der Waals surface area contributed by atoms with Crippen molar-refractivity contribution in [2.45, 2.75) is 38.3 Å². The van der Waals surface area contributed by atoms with Gasteiger partial charge < -0.3 is 15.5 Å². The minimum absolute atomic E-state index is 0.322. The summed E-state index contributed by atoms with van der Waals surface area (Å²) in [6.45, 7) is 5.88. The van der Waals surface area contributed by atoms with Gasteiger partial charge in [-0.15, -0.1) is 0 Å². The van der Waals surface area contributed by atoms with Gasteiger partial charge in [-0.2, -0.15) is 0 Å². The molecule has 0 spiro atoms. The summed E-state index contributed by atoms with van der Waals surface area (Å²) < 4.78 is 0. The largest absolute Gasteiger partial charge is 0.340 e. The first kappa shape index (κ1) is 10.9. The molecule has 0 aromatic carbocycles.